The highest BCUT2D eigenvalue weighted by atomic mass is 16.5. The van der Waals surface area contributed by atoms with E-state index in [-0.39, 0.29) is 5.56 Å². The maximum atomic E-state index is 11.5. The number of methoxy groups -OCH3 is 1. The summed E-state index contributed by atoms with van der Waals surface area (Å²) in [6.45, 7) is 0. The molecular weight excluding hydrogens is 234 g/mol. The molecule has 18 heavy (non-hydrogen) atoms. The second-order valence-corrected chi connectivity index (χ2v) is 3.58. The van der Waals surface area contributed by atoms with Crippen LogP contribution in [0.2, 0.25) is 0 Å². The Morgan fingerprint density at radius 2 is 1.83 bits per heavy atom. The summed E-state index contributed by atoms with van der Waals surface area (Å²) in [5, 5.41) is 20.2. The maximum Gasteiger partial charge on any atom is 0.341 e. The highest BCUT2D eigenvalue weighted by Gasteiger charge is 2.13. The normalized spacial score (nSPS) is 10.1. The van der Waals surface area contributed by atoms with Gasteiger partial charge in [-0.25, -0.2) is 9.78 Å². The van der Waals surface area contributed by atoms with Crippen molar-refractivity contribution in [3.63, 3.8) is 0 Å². The molecule has 0 atom stereocenters. The fraction of sp³-hybridized carbons (Fsp3) is 0.0769. The second kappa shape index (κ2) is 4.75. The van der Waals surface area contributed by atoms with Crippen molar-refractivity contribution in [2.24, 2.45) is 0 Å². The van der Waals surface area contributed by atoms with Crippen molar-refractivity contribution >= 4 is 5.97 Å². The van der Waals surface area contributed by atoms with E-state index in [2.05, 4.69) is 4.98 Å². The number of hydrogen-bond donors (Lipinski definition) is 1. The van der Waals surface area contributed by atoms with E-state index in [0.717, 1.165) is 5.56 Å². The zero-order valence-electron chi connectivity index (χ0n) is 9.58. The minimum absolute atomic E-state index is 0.327. The monoisotopic (exact) mass is 244 g/mol. The number of ether oxygens (including phenoxy) is 1. The Balaban J connectivity index is 2.39. The molecule has 0 aliphatic rings. The predicted molar refractivity (Wildman–Crippen MR) is 63.3 cm³/mol. The molecule has 1 aromatic heterocycles. The minimum Gasteiger partial charge on any atom is -0.497 e. The number of pyridine rings is 1. The van der Waals surface area contributed by atoms with Gasteiger partial charge in [0.25, 0.3) is 5.88 Å². The molecule has 0 aliphatic carbocycles. The molecule has 0 aliphatic heterocycles. The number of hydrogen-bond acceptors (Lipinski definition) is 3. The van der Waals surface area contributed by atoms with E-state index in [4.69, 9.17) is 9.84 Å². The molecule has 0 spiro atoms. The fourth-order valence-corrected chi connectivity index (χ4v) is 1.53. The van der Waals surface area contributed by atoms with Gasteiger partial charge in [-0.15, -0.1) is 0 Å². The Labute approximate surface area is 103 Å². The number of nitrogens with zero attached hydrogens (tertiary/aromatic N) is 1. The Kier molecular flexibility index (Phi) is 3.14. The molecular formula is C13H10NO4. The number of benzene rings is 1. The average Bonchev–Trinajstić information content (AvgIpc) is 2.38. The van der Waals surface area contributed by atoms with Crippen molar-refractivity contribution in [1.82, 2.24) is 4.98 Å². The van der Waals surface area contributed by atoms with Crippen LogP contribution in [0.3, 0.4) is 0 Å². The van der Waals surface area contributed by atoms with Gasteiger partial charge in [-0.05, 0) is 36.4 Å². The van der Waals surface area contributed by atoms with Crippen LogP contribution in [-0.2, 0) is 5.11 Å². The highest BCUT2D eigenvalue weighted by molar-refractivity contribution is 5.90. The lowest BCUT2D eigenvalue weighted by Crippen LogP contribution is -1.98. The van der Waals surface area contributed by atoms with Crippen molar-refractivity contribution in [1.29, 1.82) is 0 Å². The fourth-order valence-electron chi connectivity index (χ4n) is 1.53. The molecule has 5 nitrogen and oxygen atoms in total. The molecule has 2 aromatic rings. The third-order valence-electron chi connectivity index (χ3n) is 2.48. The minimum atomic E-state index is -1.27. The van der Waals surface area contributed by atoms with Gasteiger partial charge < -0.3 is 9.84 Å². The first-order chi connectivity index (χ1) is 8.61. The molecule has 1 heterocycles. The topological polar surface area (TPSA) is 79.3 Å². The molecule has 91 valence electrons. The molecule has 5 heteroatoms. The third kappa shape index (κ3) is 2.24. The van der Waals surface area contributed by atoms with E-state index in [1.165, 1.54) is 12.1 Å². The molecule has 0 unspecified atom stereocenters. The quantitative estimate of drug-likeness (QED) is 0.899. The van der Waals surface area contributed by atoms with E-state index >= 15 is 0 Å². The molecule has 1 aromatic carbocycles. The van der Waals surface area contributed by atoms with E-state index in [9.17, 15) is 9.90 Å². The lowest BCUT2D eigenvalue weighted by Gasteiger charge is -2.04. The number of aromatic nitrogens is 1. The molecule has 0 saturated carbocycles. The summed E-state index contributed by atoms with van der Waals surface area (Å²) in [7, 11) is 1.56. The van der Waals surface area contributed by atoms with Crippen LogP contribution < -0.4 is 4.74 Å². The van der Waals surface area contributed by atoms with Crippen molar-refractivity contribution < 1.29 is 19.7 Å². The van der Waals surface area contributed by atoms with Gasteiger partial charge in [0.2, 0.25) is 0 Å². The lowest BCUT2D eigenvalue weighted by molar-refractivity contribution is 0.0690. The van der Waals surface area contributed by atoms with Gasteiger partial charge in [-0.2, -0.15) is 0 Å². The first-order valence-electron chi connectivity index (χ1n) is 5.17. The van der Waals surface area contributed by atoms with E-state index in [1.54, 1.807) is 31.4 Å². The zero-order chi connectivity index (χ0) is 13.1. The van der Waals surface area contributed by atoms with E-state index < -0.39 is 11.8 Å². The lowest BCUT2D eigenvalue weighted by atomic mass is 10.1. The first-order valence-corrected chi connectivity index (χ1v) is 5.17. The van der Waals surface area contributed by atoms with Crippen LogP contribution in [0.25, 0.3) is 11.3 Å². The smallest absolute Gasteiger partial charge is 0.341 e. The molecule has 0 amide bonds. The summed E-state index contributed by atoms with van der Waals surface area (Å²) in [4.78, 5) is 14.4. The van der Waals surface area contributed by atoms with Gasteiger partial charge >= 0.3 is 5.97 Å². The standard InChI is InChI=1S/C13H10NO4/c1-18-9-4-2-8(3-5-9)11-7-6-10(13(16)17)12(15)14-11/h2-7H,1H3,(H,16,17). The Morgan fingerprint density at radius 1 is 1.17 bits per heavy atom. The van der Waals surface area contributed by atoms with Gasteiger partial charge in [-0.1, -0.05) is 0 Å². The van der Waals surface area contributed by atoms with Crippen LogP contribution in [0.5, 0.6) is 11.6 Å². The first kappa shape index (κ1) is 11.9. The highest BCUT2D eigenvalue weighted by Crippen LogP contribution is 2.24. The van der Waals surface area contributed by atoms with E-state index in [0.29, 0.717) is 11.4 Å². The number of carbonyl (C=O) groups is 1. The van der Waals surface area contributed by atoms with Gasteiger partial charge in [0.1, 0.15) is 11.3 Å². The molecule has 0 bridgehead atoms. The molecule has 1 N–H and O–H groups in total. The van der Waals surface area contributed by atoms with Gasteiger partial charge in [-0.3, -0.25) is 5.11 Å². The molecule has 1 radical (unpaired) electrons. The maximum absolute atomic E-state index is 11.5. The Hall–Kier alpha value is -2.56. The van der Waals surface area contributed by atoms with Crippen molar-refractivity contribution in [2.45, 2.75) is 0 Å². The van der Waals surface area contributed by atoms with Crippen LogP contribution in [0.4, 0.5) is 0 Å². The Bertz CT molecular complexity index is 578. The third-order valence-corrected chi connectivity index (χ3v) is 2.48. The van der Waals surface area contributed by atoms with Crippen molar-refractivity contribution in [2.75, 3.05) is 7.11 Å². The van der Waals surface area contributed by atoms with Crippen LogP contribution in [0, 0.1) is 0 Å². The SMILES string of the molecule is COc1ccc(-c2ccc(C(=O)O)c([O])n2)cc1. The summed E-state index contributed by atoms with van der Waals surface area (Å²) in [5.41, 5.74) is 0.838. The molecule has 0 saturated heterocycles. The molecule has 0 fully saturated rings. The number of rotatable bonds is 3. The predicted octanol–water partition coefficient (Wildman–Crippen LogP) is 2.60. The van der Waals surface area contributed by atoms with Gasteiger partial charge in [0.15, 0.2) is 0 Å². The Morgan fingerprint density at radius 3 is 2.33 bits per heavy atom. The summed E-state index contributed by atoms with van der Waals surface area (Å²) in [6.07, 6.45) is 0. The van der Waals surface area contributed by atoms with Crippen LogP contribution in [-0.4, -0.2) is 23.2 Å². The van der Waals surface area contributed by atoms with Gasteiger partial charge in [0.05, 0.1) is 12.8 Å². The largest absolute Gasteiger partial charge is 0.497 e. The summed E-state index contributed by atoms with van der Waals surface area (Å²) in [6, 6.07) is 9.76. The number of aromatic carboxylic acids is 1. The van der Waals surface area contributed by atoms with E-state index in [1.807, 2.05) is 0 Å². The van der Waals surface area contributed by atoms with Crippen molar-refractivity contribution in [3.05, 3.63) is 42.0 Å². The van der Waals surface area contributed by atoms with Crippen LogP contribution in [0.1, 0.15) is 10.4 Å². The summed E-state index contributed by atoms with van der Waals surface area (Å²) in [5.74, 6) is -1.31. The number of carboxylic acids is 1. The summed E-state index contributed by atoms with van der Waals surface area (Å²) < 4.78 is 5.02. The zero-order valence-corrected chi connectivity index (χ0v) is 9.58. The summed E-state index contributed by atoms with van der Waals surface area (Å²) >= 11 is 0. The van der Waals surface area contributed by atoms with Crippen LogP contribution in [0.15, 0.2) is 36.4 Å². The van der Waals surface area contributed by atoms with Crippen LogP contribution >= 0.6 is 0 Å². The van der Waals surface area contributed by atoms with Crippen molar-refractivity contribution in [3.8, 4) is 22.9 Å². The molecule has 2 rings (SSSR count). The second-order valence-electron chi connectivity index (χ2n) is 3.58. The van der Waals surface area contributed by atoms with Gasteiger partial charge in [0, 0.05) is 5.56 Å². The number of carboxylic acid groups (broad SMARTS) is 1. The average molecular weight is 244 g/mol.